The molecule has 8 bridgehead atoms. The molecule has 0 radical (unpaired) electrons. The van der Waals surface area contributed by atoms with E-state index in [9.17, 15) is 15.0 Å². The van der Waals surface area contributed by atoms with E-state index in [0.717, 1.165) is 91.1 Å². The fourth-order valence-electron chi connectivity index (χ4n) is 7.13. The molecule has 0 spiro atoms. The van der Waals surface area contributed by atoms with Gasteiger partial charge in [0.2, 0.25) is 0 Å². The van der Waals surface area contributed by atoms with Gasteiger partial charge in [0.25, 0.3) is 0 Å². The highest BCUT2D eigenvalue weighted by Crippen LogP contribution is 2.46. The summed E-state index contributed by atoms with van der Waals surface area (Å²) >= 11 is 0. The van der Waals surface area contributed by atoms with Crippen LogP contribution in [0.1, 0.15) is 73.6 Å². The van der Waals surface area contributed by atoms with E-state index in [1.165, 1.54) is 7.11 Å². The second-order valence-corrected chi connectivity index (χ2v) is 12.1. The van der Waals surface area contributed by atoms with E-state index < -0.39 is 6.10 Å². The number of hydrogen-bond donors (Lipinski definition) is 3. The first kappa shape index (κ1) is 29.1. The standard InChI is InChI=1S/C35H40N4O4/c1-8-20-16(3)23-15-28-32(29(40)9-2)18(5)25(37-28)13-24-17(4)21(10-11-31(42)43-7)34(38-24)22-12-30(41)33-19(6)26(39-35(22)33)14-27(20)36-23/h13-15,17,21,29,38,40-41H,8-12H2,1-7H3/t17-,21-,29?/m0/s1. The summed E-state index contributed by atoms with van der Waals surface area (Å²) in [6.45, 7) is 12.4. The molecule has 8 nitrogen and oxygen atoms in total. The highest BCUT2D eigenvalue weighted by molar-refractivity contribution is 6.21. The Labute approximate surface area is 253 Å². The lowest BCUT2D eigenvalue weighted by atomic mass is 9.86. The Balaban J connectivity index is 1.60. The van der Waals surface area contributed by atoms with Crippen molar-refractivity contribution in [3.05, 3.63) is 91.5 Å². The van der Waals surface area contributed by atoms with E-state index in [2.05, 4.69) is 32.2 Å². The lowest BCUT2D eigenvalue weighted by Gasteiger charge is -2.17. The van der Waals surface area contributed by atoms with Crippen molar-refractivity contribution in [2.75, 3.05) is 7.11 Å². The van der Waals surface area contributed by atoms with Gasteiger partial charge >= 0.3 is 5.97 Å². The molecule has 0 aromatic rings. The maximum atomic E-state index is 12.2. The predicted octanol–water partition coefficient (Wildman–Crippen LogP) is 6.38. The molecular formula is C35H40N4O4. The molecule has 6 aliphatic rings. The minimum atomic E-state index is -0.649. The lowest BCUT2D eigenvalue weighted by molar-refractivity contribution is -0.140. The number of esters is 1. The number of aliphatic hydroxyl groups is 2. The van der Waals surface area contributed by atoms with E-state index in [1.807, 2.05) is 32.9 Å². The fourth-order valence-corrected chi connectivity index (χ4v) is 7.13. The number of aliphatic hydroxyl groups excluding tert-OH is 2. The number of nitrogens with one attached hydrogen (secondary N) is 1. The summed E-state index contributed by atoms with van der Waals surface area (Å²) in [4.78, 5) is 27.4. The molecule has 224 valence electrons. The quantitative estimate of drug-likeness (QED) is 0.315. The number of fused-ring (bicyclic) bond motifs is 5. The number of carbonyl (C=O) groups excluding carboxylic acids is 1. The molecule has 1 fully saturated rings. The SMILES string of the molecule is CCC1=C(C)C2=NC1=CC1=C(C)C3=C(O)CC(=C4NC(=CC5=NC(=C2)C(C(O)CC)=C5C)[C@@H](C)[C@@H]4CCC(=O)OC)C3=N1. The van der Waals surface area contributed by atoms with Crippen molar-refractivity contribution in [3.63, 3.8) is 0 Å². The van der Waals surface area contributed by atoms with Crippen LogP contribution < -0.4 is 5.32 Å². The zero-order valence-corrected chi connectivity index (χ0v) is 26.1. The molecule has 1 saturated heterocycles. The fraction of sp³-hybridized carbons (Fsp3) is 0.429. The van der Waals surface area contributed by atoms with Crippen molar-refractivity contribution < 1.29 is 19.7 Å². The highest BCUT2D eigenvalue weighted by Gasteiger charge is 2.41. The van der Waals surface area contributed by atoms with Crippen LogP contribution in [0.25, 0.3) is 0 Å². The third kappa shape index (κ3) is 4.63. The van der Waals surface area contributed by atoms with E-state index in [-0.39, 0.29) is 24.2 Å². The van der Waals surface area contributed by atoms with E-state index in [0.29, 0.717) is 25.0 Å². The van der Waals surface area contributed by atoms with Gasteiger partial charge in [0, 0.05) is 52.8 Å². The van der Waals surface area contributed by atoms with Gasteiger partial charge < -0.3 is 20.3 Å². The number of methoxy groups -OCH3 is 1. The van der Waals surface area contributed by atoms with Crippen molar-refractivity contribution in [2.45, 2.75) is 79.8 Å². The van der Waals surface area contributed by atoms with Crippen LogP contribution in [0.4, 0.5) is 0 Å². The number of ether oxygens (including phenoxy) is 1. The highest BCUT2D eigenvalue weighted by atomic mass is 16.5. The number of aliphatic imine (C=N–C) groups is 3. The molecule has 1 aliphatic carbocycles. The van der Waals surface area contributed by atoms with Gasteiger partial charge in [0.1, 0.15) is 5.76 Å². The van der Waals surface area contributed by atoms with Gasteiger partial charge in [-0.3, -0.25) is 4.79 Å². The molecular weight excluding hydrogens is 540 g/mol. The summed E-state index contributed by atoms with van der Waals surface area (Å²) in [7, 11) is 1.41. The maximum Gasteiger partial charge on any atom is 0.305 e. The van der Waals surface area contributed by atoms with Crippen LogP contribution in [-0.4, -0.2) is 46.5 Å². The first-order chi connectivity index (χ1) is 20.6. The molecule has 0 saturated carbocycles. The van der Waals surface area contributed by atoms with Gasteiger partial charge in [-0.1, -0.05) is 20.8 Å². The molecule has 0 amide bonds. The Morgan fingerprint density at radius 2 is 1.77 bits per heavy atom. The number of allylic oxidation sites excluding steroid dienone is 11. The second-order valence-electron chi connectivity index (χ2n) is 12.1. The molecule has 0 aromatic carbocycles. The van der Waals surface area contributed by atoms with Gasteiger partial charge in [-0.05, 0) is 80.6 Å². The predicted molar refractivity (Wildman–Crippen MR) is 170 cm³/mol. The minimum Gasteiger partial charge on any atom is -0.511 e. The maximum absolute atomic E-state index is 12.2. The van der Waals surface area contributed by atoms with Crippen molar-refractivity contribution in [2.24, 2.45) is 26.8 Å². The van der Waals surface area contributed by atoms with Crippen LogP contribution in [-0.2, 0) is 9.53 Å². The normalized spacial score (nSPS) is 25.2. The Bertz CT molecular complexity index is 1700. The Morgan fingerprint density at radius 3 is 2.47 bits per heavy atom. The third-order valence-electron chi connectivity index (χ3n) is 9.71. The summed E-state index contributed by atoms with van der Waals surface area (Å²) in [5.74, 6) is 0.111. The topological polar surface area (TPSA) is 116 Å². The van der Waals surface area contributed by atoms with Crippen molar-refractivity contribution >= 4 is 23.1 Å². The van der Waals surface area contributed by atoms with Crippen LogP contribution >= 0.6 is 0 Å². The summed E-state index contributed by atoms with van der Waals surface area (Å²) < 4.78 is 4.98. The monoisotopic (exact) mass is 580 g/mol. The van der Waals surface area contributed by atoms with E-state index in [1.54, 1.807) is 0 Å². The molecule has 8 heteroatoms. The Kier molecular flexibility index (Phi) is 7.37. The second kappa shape index (κ2) is 10.9. The average Bonchev–Trinajstić information content (AvgIpc) is 3.74. The minimum absolute atomic E-state index is 0.00515. The first-order valence-corrected chi connectivity index (χ1v) is 15.3. The summed E-state index contributed by atoms with van der Waals surface area (Å²) in [5, 5.41) is 26.0. The molecule has 5 heterocycles. The Hall–Kier alpha value is -4.04. The average molecular weight is 581 g/mol. The molecule has 1 unspecified atom stereocenters. The summed E-state index contributed by atoms with van der Waals surface area (Å²) in [6, 6.07) is 0. The van der Waals surface area contributed by atoms with Gasteiger partial charge in [-0.2, -0.15) is 0 Å². The van der Waals surface area contributed by atoms with Crippen LogP contribution in [0.2, 0.25) is 0 Å². The first-order valence-electron chi connectivity index (χ1n) is 15.3. The third-order valence-corrected chi connectivity index (χ3v) is 9.71. The number of nitrogens with zero attached hydrogens (tertiary/aromatic N) is 3. The van der Waals surface area contributed by atoms with Gasteiger partial charge in [-0.15, -0.1) is 0 Å². The van der Waals surface area contributed by atoms with Crippen LogP contribution in [0.3, 0.4) is 0 Å². The Morgan fingerprint density at radius 1 is 1.05 bits per heavy atom. The molecule has 5 aliphatic heterocycles. The summed E-state index contributed by atoms with van der Waals surface area (Å²) in [6.07, 6.45) is 8.10. The molecule has 43 heavy (non-hydrogen) atoms. The lowest BCUT2D eigenvalue weighted by Crippen LogP contribution is -2.16. The molecule has 6 rings (SSSR count). The van der Waals surface area contributed by atoms with Crippen molar-refractivity contribution in [1.29, 1.82) is 0 Å². The number of rotatable bonds is 6. The van der Waals surface area contributed by atoms with Crippen LogP contribution in [0.15, 0.2) is 106 Å². The van der Waals surface area contributed by atoms with Gasteiger partial charge in [0.15, 0.2) is 0 Å². The zero-order valence-electron chi connectivity index (χ0n) is 26.1. The summed E-state index contributed by atoms with van der Waals surface area (Å²) in [5.41, 5.74) is 13.5. The number of carbonyl (C=O) groups is 1. The van der Waals surface area contributed by atoms with Crippen molar-refractivity contribution in [1.82, 2.24) is 5.32 Å². The van der Waals surface area contributed by atoms with Crippen LogP contribution in [0.5, 0.6) is 0 Å². The smallest absolute Gasteiger partial charge is 0.305 e. The van der Waals surface area contributed by atoms with E-state index >= 15 is 0 Å². The van der Waals surface area contributed by atoms with Crippen LogP contribution in [0, 0.1) is 11.8 Å². The molecule has 3 N–H and O–H groups in total. The zero-order chi connectivity index (χ0) is 30.7. The van der Waals surface area contributed by atoms with E-state index in [4.69, 9.17) is 19.7 Å². The molecule has 3 atom stereocenters. The van der Waals surface area contributed by atoms with Crippen molar-refractivity contribution in [3.8, 4) is 0 Å². The molecule has 0 aromatic heterocycles. The largest absolute Gasteiger partial charge is 0.511 e. The van der Waals surface area contributed by atoms with Gasteiger partial charge in [0.05, 0.1) is 47.4 Å². The van der Waals surface area contributed by atoms with Gasteiger partial charge in [-0.25, -0.2) is 15.0 Å². The number of hydrogen-bond acceptors (Lipinski definition) is 8.